The number of esters is 1. The molecule has 25 heavy (non-hydrogen) atoms. The van der Waals surface area contributed by atoms with Gasteiger partial charge in [-0.05, 0) is 32.6 Å². The fourth-order valence-electron chi connectivity index (χ4n) is 3.24. The van der Waals surface area contributed by atoms with Crippen molar-refractivity contribution in [3.8, 4) is 0 Å². The van der Waals surface area contributed by atoms with E-state index in [1.807, 2.05) is 0 Å². The third-order valence-electron chi connectivity index (χ3n) is 4.75. The third kappa shape index (κ3) is 6.82. The predicted octanol–water partition coefficient (Wildman–Crippen LogP) is 1.28. The number of ether oxygens (including phenoxy) is 3. The van der Waals surface area contributed by atoms with Crippen molar-refractivity contribution < 1.29 is 19.0 Å². The van der Waals surface area contributed by atoms with Crippen LogP contribution in [-0.4, -0.2) is 76.5 Å². The Morgan fingerprint density at radius 3 is 2.76 bits per heavy atom. The smallest absolute Gasteiger partial charge is 0.308 e. The van der Waals surface area contributed by atoms with Gasteiger partial charge in [0.25, 0.3) is 0 Å². The summed E-state index contributed by atoms with van der Waals surface area (Å²) >= 11 is 0. The summed E-state index contributed by atoms with van der Waals surface area (Å²) in [5, 5.41) is 3.35. The number of guanidine groups is 1. The lowest BCUT2D eigenvalue weighted by Crippen LogP contribution is -2.46. The molecule has 0 saturated carbocycles. The Balaban J connectivity index is 1.66. The summed E-state index contributed by atoms with van der Waals surface area (Å²) in [6.07, 6.45) is 3.68. The standard InChI is InChI=1S/C18H33N3O4/c1-3-19-18(21-9-5-16(6-10-21)17(22)23-2)20-8-4-11-24-13-15-7-12-25-14-15/h15-16H,3-14H2,1-2H3,(H,19,20). The molecule has 2 heterocycles. The first-order valence-electron chi connectivity index (χ1n) is 9.51. The average Bonchev–Trinajstić information content (AvgIpc) is 3.16. The van der Waals surface area contributed by atoms with Crippen molar-refractivity contribution >= 4 is 11.9 Å². The Bertz CT molecular complexity index is 417. The van der Waals surface area contributed by atoms with Crippen molar-refractivity contribution in [2.45, 2.75) is 32.6 Å². The predicted molar refractivity (Wildman–Crippen MR) is 96.7 cm³/mol. The van der Waals surface area contributed by atoms with Crippen LogP contribution in [0.1, 0.15) is 32.6 Å². The molecule has 1 N–H and O–H groups in total. The Hall–Kier alpha value is -1.34. The van der Waals surface area contributed by atoms with E-state index in [0.717, 1.165) is 84.2 Å². The molecule has 2 aliphatic rings. The second kappa shape index (κ2) is 11.3. The summed E-state index contributed by atoms with van der Waals surface area (Å²) in [6.45, 7) is 8.58. The van der Waals surface area contributed by atoms with Gasteiger partial charge in [-0.3, -0.25) is 9.79 Å². The number of methoxy groups -OCH3 is 1. The zero-order valence-corrected chi connectivity index (χ0v) is 15.7. The zero-order chi connectivity index (χ0) is 17.9. The van der Waals surface area contributed by atoms with E-state index in [9.17, 15) is 4.79 Å². The molecule has 1 unspecified atom stereocenters. The first-order valence-corrected chi connectivity index (χ1v) is 9.51. The second-order valence-electron chi connectivity index (χ2n) is 6.68. The molecular weight excluding hydrogens is 322 g/mol. The van der Waals surface area contributed by atoms with E-state index in [-0.39, 0.29) is 11.9 Å². The van der Waals surface area contributed by atoms with Crippen molar-refractivity contribution in [3.63, 3.8) is 0 Å². The largest absolute Gasteiger partial charge is 0.469 e. The molecule has 0 radical (unpaired) electrons. The lowest BCUT2D eigenvalue weighted by Gasteiger charge is -2.33. The molecule has 1 atom stereocenters. The maximum atomic E-state index is 11.6. The van der Waals surface area contributed by atoms with Crippen LogP contribution in [0, 0.1) is 11.8 Å². The molecule has 2 fully saturated rings. The SMILES string of the molecule is CCNC(=NCCCOCC1CCOC1)N1CCC(C(=O)OC)CC1. The number of nitrogens with zero attached hydrogens (tertiary/aromatic N) is 2. The van der Waals surface area contributed by atoms with Gasteiger partial charge in [0.15, 0.2) is 5.96 Å². The average molecular weight is 355 g/mol. The molecule has 2 aliphatic heterocycles. The molecule has 0 bridgehead atoms. The molecule has 0 aromatic heterocycles. The van der Waals surface area contributed by atoms with Gasteiger partial charge in [0.2, 0.25) is 0 Å². The molecule has 0 amide bonds. The normalized spacial score (nSPS) is 22.2. The Morgan fingerprint density at radius 2 is 2.12 bits per heavy atom. The molecule has 144 valence electrons. The number of carbonyl (C=O) groups is 1. The van der Waals surface area contributed by atoms with Crippen LogP contribution in [0.15, 0.2) is 4.99 Å². The summed E-state index contributed by atoms with van der Waals surface area (Å²) in [7, 11) is 1.46. The molecule has 2 saturated heterocycles. The van der Waals surface area contributed by atoms with Crippen LogP contribution in [0.25, 0.3) is 0 Å². The number of aliphatic imine (C=N–C) groups is 1. The number of hydrogen-bond donors (Lipinski definition) is 1. The fraction of sp³-hybridized carbons (Fsp3) is 0.889. The van der Waals surface area contributed by atoms with Crippen LogP contribution in [0.4, 0.5) is 0 Å². The Kier molecular flexibility index (Phi) is 9.04. The van der Waals surface area contributed by atoms with Gasteiger partial charge in [0, 0.05) is 45.3 Å². The number of likely N-dealkylation sites (tertiary alicyclic amines) is 1. The minimum Gasteiger partial charge on any atom is -0.469 e. The zero-order valence-electron chi connectivity index (χ0n) is 15.7. The highest BCUT2D eigenvalue weighted by Crippen LogP contribution is 2.18. The molecule has 0 aromatic rings. The lowest BCUT2D eigenvalue weighted by atomic mass is 9.97. The van der Waals surface area contributed by atoms with Crippen molar-refractivity contribution in [1.82, 2.24) is 10.2 Å². The van der Waals surface area contributed by atoms with Gasteiger partial charge in [-0.25, -0.2) is 0 Å². The van der Waals surface area contributed by atoms with Crippen molar-refractivity contribution in [2.75, 3.05) is 59.7 Å². The summed E-state index contributed by atoms with van der Waals surface area (Å²) in [5.41, 5.74) is 0. The summed E-state index contributed by atoms with van der Waals surface area (Å²) in [5.74, 6) is 1.44. The minimum absolute atomic E-state index is 0.0251. The summed E-state index contributed by atoms with van der Waals surface area (Å²) in [6, 6.07) is 0. The first-order chi connectivity index (χ1) is 12.2. The van der Waals surface area contributed by atoms with Crippen LogP contribution < -0.4 is 5.32 Å². The van der Waals surface area contributed by atoms with Gasteiger partial charge < -0.3 is 24.4 Å². The highest BCUT2D eigenvalue weighted by Gasteiger charge is 2.26. The van der Waals surface area contributed by atoms with E-state index in [1.165, 1.54) is 7.11 Å². The van der Waals surface area contributed by atoms with E-state index in [2.05, 4.69) is 17.1 Å². The van der Waals surface area contributed by atoms with E-state index < -0.39 is 0 Å². The van der Waals surface area contributed by atoms with Crippen LogP contribution in [0.3, 0.4) is 0 Å². The topological polar surface area (TPSA) is 72.4 Å². The van der Waals surface area contributed by atoms with Crippen molar-refractivity contribution in [1.29, 1.82) is 0 Å². The van der Waals surface area contributed by atoms with Crippen LogP contribution in [0.5, 0.6) is 0 Å². The Labute approximate surface area is 151 Å². The Morgan fingerprint density at radius 1 is 1.32 bits per heavy atom. The van der Waals surface area contributed by atoms with Crippen molar-refractivity contribution in [3.05, 3.63) is 0 Å². The van der Waals surface area contributed by atoms with Gasteiger partial charge in [0.05, 0.1) is 26.2 Å². The number of nitrogens with one attached hydrogen (secondary N) is 1. The first kappa shape index (κ1) is 20.0. The monoisotopic (exact) mass is 355 g/mol. The summed E-state index contributed by atoms with van der Waals surface area (Å²) in [4.78, 5) is 18.6. The van der Waals surface area contributed by atoms with Gasteiger partial charge in [0.1, 0.15) is 0 Å². The minimum atomic E-state index is -0.0913. The number of rotatable bonds is 8. The third-order valence-corrected chi connectivity index (χ3v) is 4.75. The molecular formula is C18H33N3O4. The van der Waals surface area contributed by atoms with E-state index >= 15 is 0 Å². The molecule has 0 spiro atoms. The number of carbonyl (C=O) groups excluding carboxylic acids is 1. The highest BCUT2D eigenvalue weighted by molar-refractivity contribution is 5.80. The van der Waals surface area contributed by atoms with Crippen LogP contribution in [-0.2, 0) is 19.0 Å². The highest BCUT2D eigenvalue weighted by atomic mass is 16.5. The van der Waals surface area contributed by atoms with Gasteiger partial charge in [-0.15, -0.1) is 0 Å². The maximum absolute atomic E-state index is 11.6. The van der Waals surface area contributed by atoms with E-state index in [0.29, 0.717) is 5.92 Å². The second-order valence-corrected chi connectivity index (χ2v) is 6.68. The van der Waals surface area contributed by atoms with Crippen LogP contribution in [0.2, 0.25) is 0 Å². The number of hydrogen-bond acceptors (Lipinski definition) is 5. The molecule has 7 nitrogen and oxygen atoms in total. The molecule has 0 aliphatic carbocycles. The molecule has 7 heteroatoms. The quantitative estimate of drug-likeness (QED) is 0.306. The van der Waals surface area contributed by atoms with E-state index in [1.54, 1.807) is 0 Å². The van der Waals surface area contributed by atoms with E-state index in [4.69, 9.17) is 19.2 Å². The fourth-order valence-corrected chi connectivity index (χ4v) is 3.24. The van der Waals surface area contributed by atoms with Crippen LogP contribution >= 0.6 is 0 Å². The van der Waals surface area contributed by atoms with Crippen molar-refractivity contribution in [2.24, 2.45) is 16.8 Å². The van der Waals surface area contributed by atoms with Gasteiger partial charge >= 0.3 is 5.97 Å². The summed E-state index contributed by atoms with van der Waals surface area (Å²) < 4.78 is 15.9. The molecule has 2 rings (SSSR count). The maximum Gasteiger partial charge on any atom is 0.308 e. The van der Waals surface area contributed by atoms with Gasteiger partial charge in [-0.2, -0.15) is 0 Å². The molecule has 0 aromatic carbocycles. The number of piperidine rings is 1. The van der Waals surface area contributed by atoms with Gasteiger partial charge in [-0.1, -0.05) is 0 Å². The lowest BCUT2D eigenvalue weighted by molar-refractivity contribution is -0.146.